The minimum atomic E-state index is 0.774. The van der Waals surface area contributed by atoms with Crippen LogP contribution in [0.2, 0.25) is 0 Å². The summed E-state index contributed by atoms with van der Waals surface area (Å²) in [5.74, 6) is 1.61. The van der Waals surface area contributed by atoms with Gasteiger partial charge in [0.2, 0.25) is 0 Å². The molecule has 0 atom stereocenters. The third-order valence-electron chi connectivity index (χ3n) is 2.40. The third kappa shape index (κ3) is 1.63. The molecule has 0 aromatic heterocycles. The fourth-order valence-corrected chi connectivity index (χ4v) is 1.95. The van der Waals surface area contributed by atoms with Crippen LogP contribution >= 0.6 is 15.9 Å². The average Bonchev–Trinajstić information content (AvgIpc) is 2.47. The molecule has 78 valence electrons. The largest absolute Gasteiger partial charge is 0.454 e. The van der Waals surface area contributed by atoms with Crippen molar-refractivity contribution in [1.29, 1.82) is 0 Å². The zero-order valence-electron chi connectivity index (χ0n) is 8.35. The predicted octanol–water partition coefficient (Wildman–Crippen LogP) is 4.31. The molecular weight excluding hydrogens is 266 g/mol. The maximum atomic E-state index is 5.83. The molecule has 0 saturated carbocycles. The van der Waals surface area contributed by atoms with Crippen molar-refractivity contribution in [3.05, 3.63) is 52.5 Å². The maximum absolute atomic E-state index is 5.83. The number of rotatable bonds is 0. The van der Waals surface area contributed by atoms with E-state index in [-0.39, 0.29) is 0 Å². The van der Waals surface area contributed by atoms with E-state index in [0.717, 1.165) is 27.2 Å². The molecule has 1 aliphatic rings. The van der Waals surface area contributed by atoms with Gasteiger partial charge in [0.1, 0.15) is 11.4 Å². The topological polar surface area (TPSA) is 21.6 Å². The summed E-state index contributed by atoms with van der Waals surface area (Å²) in [6, 6.07) is 13.7. The van der Waals surface area contributed by atoms with Crippen molar-refractivity contribution in [3.8, 4) is 11.5 Å². The van der Waals surface area contributed by atoms with Gasteiger partial charge >= 0.3 is 0 Å². The Morgan fingerprint density at radius 2 is 1.88 bits per heavy atom. The third-order valence-corrected chi connectivity index (χ3v) is 2.90. The molecule has 0 amide bonds. The summed E-state index contributed by atoms with van der Waals surface area (Å²) in [7, 11) is 0. The molecule has 3 heteroatoms. The molecule has 0 bridgehead atoms. The van der Waals surface area contributed by atoms with Crippen LogP contribution in [0.15, 0.2) is 51.9 Å². The lowest BCUT2D eigenvalue weighted by Gasteiger charge is -2.07. The Morgan fingerprint density at radius 3 is 2.81 bits per heavy atom. The van der Waals surface area contributed by atoms with E-state index in [2.05, 4.69) is 20.9 Å². The number of para-hydroxylation sites is 1. The van der Waals surface area contributed by atoms with Crippen LogP contribution < -0.4 is 4.74 Å². The quantitative estimate of drug-likeness (QED) is 0.598. The first kappa shape index (κ1) is 9.60. The van der Waals surface area contributed by atoms with Gasteiger partial charge in [0.25, 0.3) is 0 Å². The zero-order valence-corrected chi connectivity index (χ0v) is 9.94. The van der Waals surface area contributed by atoms with Gasteiger partial charge in [-0.05, 0) is 30.3 Å². The van der Waals surface area contributed by atoms with Gasteiger partial charge in [0.15, 0.2) is 5.75 Å². The molecular formula is C13H8BrNO. The number of halogens is 1. The highest BCUT2D eigenvalue weighted by Gasteiger charge is 2.10. The van der Waals surface area contributed by atoms with Crippen molar-refractivity contribution < 1.29 is 4.74 Å². The van der Waals surface area contributed by atoms with Gasteiger partial charge in [0, 0.05) is 16.3 Å². The SMILES string of the molecule is Brc1ccc2c(c1)Oc1ccccc1C=N2. The highest BCUT2D eigenvalue weighted by atomic mass is 79.9. The van der Waals surface area contributed by atoms with E-state index >= 15 is 0 Å². The van der Waals surface area contributed by atoms with Crippen LogP contribution in [0.4, 0.5) is 5.69 Å². The lowest BCUT2D eigenvalue weighted by molar-refractivity contribution is 0.484. The van der Waals surface area contributed by atoms with Crippen molar-refractivity contribution in [1.82, 2.24) is 0 Å². The highest BCUT2D eigenvalue weighted by molar-refractivity contribution is 9.10. The first-order valence-electron chi connectivity index (χ1n) is 4.93. The molecule has 2 aromatic rings. The van der Waals surface area contributed by atoms with Crippen molar-refractivity contribution in [2.75, 3.05) is 0 Å². The molecule has 0 saturated heterocycles. The standard InChI is InChI=1S/C13H8BrNO/c14-10-5-6-11-13(7-10)16-12-4-2-1-3-9(12)8-15-11/h1-8H. The number of hydrogen-bond acceptors (Lipinski definition) is 2. The molecule has 2 aromatic carbocycles. The van der Waals surface area contributed by atoms with Crippen LogP contribution in [-0.2, 0) is 0 Å². The molecule has 0 aliphatic carbocycles. The van der Waals surface area contributed by atoms with E-state index < -0.39 is 0 Å². The fourth-order valence-electron chi connectivity index (χ4n) is 1.61. The van der Waals surface area contributed by atoms with E-state index in [1.807, 2.05) is 48.7 Å². The molecule has 16 heavy (non-hydrogen) atoms. The normalized spacial score (nSPS) is 12.3. The summed E-state index contributed by atoms with van der Waals surface area (Å²) in [5.41, 5.74) is 1.84. The van der Waals surface area contributed by atoms with Gasteiger partial charge in [-0.1, -0.05) is 28.1 Å². The molecule has 1 heterocycles. The Kier molecular flexibility index (Phi) is 2.26. The van der Waals surface area contributed by atoms with E-state index in [1.54, 1.807) is 0 Å². The minimum Gasteiger partial charge on any atom is -0.454 e. The molecule has 0 spiro atoms. The lowest BCUT2D eigenvalue weighted by Crippen LogP contribution is -1.87. The number of aliphatic imine (C=N–C) groups is 1. The van der Waals surface area contributed by atoms with E-state index in [1.165, 1.54) is 0 Å². The summed E-state index contributed by atoms with van der Waals surface area (Å²) >= 11 is 3.42. The fraction of sp³-hybridized carbons (Fsp3) is 0. The number of benzene rings is 2. The number of fused-ring (bicyclic) bond motifs is 2. The Hall–Kier alpha value is -1.61. The van der Waals surface area contributed by atoms with Crippen LogP contribution in [0.25, 0.3) is 0 Å². The Balaban J connectivity index is 2.18. The van der Waals surface area contributed by atoms with E-state index in [9.17, 15) is 0 Å². The summed E-state index contributed by atoms with van der Waals surface area (Å²) in [6.45, 7) is 0. The highest BCUT2D eigenvalue weighted by Crippen LogP contribution is 2.37. The summed E-state index contributed by atoms with van der Waals surface area (Å²) in [4.78, 5) is 4.40. The molecule has 0 unspecified atom stereocenters. The van der Waals surface area contributed by atoms with Crippen LogP contribution in [0.3, 0.4) is 0 Å². The van der Waals surface area contributed by atoms with Crippen molar-refractivity contribution >= 4 is 27.8 Å². The van der Waals surface area contributed by atoms with Crippen LogP contribution in [0.5, 0.6) is 11.5 Å². The van der Waals surface area contributed by atoms with E-state index in [4.69, 9.17) is 4.74 Å². The van der Waals surface area contributed by atoms with Gasteiger partial charge in [-0.3, -0.25) is 4.99 Å². The summed E-state index contributed by atoms with van der Waals surface area (Å²) < 4.78 is 6.82. The molecule has 3 rings (SSSR count). The number of hydrogen-bond donors (Lipinski definition) is 0. The lowest BCUT2D eigenvalue weighted by atomic mass is 10.2. The Morgan fingerprint density at radius 1 is 1.00 bits per heavy atom. The molecule has 0 radical (unpaired) electrons. The van der Waals surface area contributed by atoms with Crippen LogP contribution in [-0.4, -0.2) is 6.21 Å². The average molecular weight is 274 g/mol. The summed E-state index contributed by atoms with van der Waals surface area (Å²) in [6.07, 6.45) is 1.83. The molecule has 0 fully saturated rings. The first-order chi connectivity index (χ1) is 7.83. The van der Waals surface area contributed by atoms with Gasteiger partial charge in [0.05, 0.1) is 0 Å². The maximum Gasteiger partial charge on any atom is 0.154 e. The second-order valence-electron chi connectivity index (χ2n) is 3.51. The van der Waals surface area contributed by atoms with Gasteiger partial charge in [-0.15, -0.1) is 0 Å². The van der Waals surface area contributed by atoms with Gasteiger partial charge in [-0.2, -0.15) is 0 Å². The van der Waals surface area contributed by atoms with Crippen molar-refractivity contribution in [2.24, 2.45) is 4.99 Å². The minimum absolute atomic E-state index is 0.774. The second kappa shape index (κ2) is 3.76. The van der Waals surface area contributed by atoms with Gasteiger partial charge < -0.3 is 4.74 Å². The second-order valence-corrected chi connectivity index (χ2v) is 4.43. The monoisotopic (exact) mass is 273 g/mol. The number of nitrogens with zero attached hydrogens (tertiary/aromatic N) is 1. The predicted molar refractivity (Wildman–Crippen MR) is 67.9 cm³/mol. The van der Waals surface area contributed by atoms with Crippen molar-refractivity contribution in [3.63, 3.8) is 0 Å². The summed E-state index contributed by atoms with van der Waals surface area (Å²) in [5, 5.41) is 0. The zero-order chi connectivity index (χ0) is 11.0. The molecule has 2 nitrogen and oxygen atoms in total. The smallest absolute Gasteiger partial charge is 0.154 e. The first-order valence-corrected chi connectivity index (χ1v) is 5.73. The van der Waals surface area contributed by atoms with Gasteiger partial charge in [-0.25, -0.2) is 0 Å². The van der Waals surface area contributed by atoms with Crippen molar-refractivity contribution in [2.45, 2.75) is 0 Å². The van der Waals surface area contributed by atoms with E-state index in [0.29, 0.717) is 0 Å². The molecule has 0 N–H and O–H groups in total. The Labute approximate surface area is 102 Å². The number of ether oxygens (including phenoxy) is 1. The Bertz CT molecular complexity index is 578. The van der Waals surface area contributed by atoms with Crippen LogP contribution in [0, 0.1) is 0 Å². The molecule has 1 aliphatic heterocycles. The van der Waals surface area contributed by atoms with Crippen LogP contribution in [0.1, 0.15) is 5.56 Å².